The molecule has 0 aliphatic heterocycles. The molecule has 0 bridgehead atoms. The van der Waals surface area contributed by atoms with Crippen molar-refractivity contribution in [3.05, 3.63) is 65.7 Å². The molecule has 1 amide bonds. The van der Waals surface area contributed by atoms with Gasteiger partial charge in [0, 0.05) is 4.90 Å². The first kappa shape index (κ1) is 20.2. The molecule has 0 spiro atoms. The number of aryl methyl sites for hydroxylation is 1. The van der Waals surface area contributed by atoms with Crippen molar-refractivity contribution >= 4 is 16.9 Å². The first-order valence-corrected chi connectivity index (χ1v) is 9.90. The Balaban J connectivity index is 2.26. The maximum Gasteiger partial charge on any atom is 0.408 e. The minimum atomic E-state index is -1.28. The van der Waals surface area contributed by atoms with Crippen molar-refractivity contribution in [1.29, 1.82) is 0 Å². The molecule has 1 N–H and O–H groups in total. The van der Waals surface area contributed by atoms with Crippen LogP contribution in [0.3, 0.4) is 0 Å². The highest BCUT2D eigenvalue weighted by Crippen LogP contribution is 2.25. The lowest BCUT2D eigenvalue weighted by molar-refractivity contribution is 0.0503. The smallest absolute Gasteiger partial charge is 0.408 e. The van der Waals surface area contributed by atoms with Crippen molar-refractivity contribution in [1.82, 2.24) is 5.32 Å². The van der Waals surface area contributed by atoms with Gasteiger partial charge in [-0.05, 0) is 52.3 Å². The van der Waals surface area contributed by atoms with Gasteiger partial charge in [-0.25, -0.2) is 4.79 Å². The summed E-state index contributed by atoms with van der Waals surface area (Å²) in [6.07, 6.45) is -0.515. The van der Waals surface area contributed by atoms with Gasteiger partial charge in [0.2, 0.25) is 0 Å². The summed E-state index contributed by atoms with van der Waals surface area (Å²) in [5, 5.41) is 2.57. The molecule has 0 saturated carbocycles. The fraction of sp³-hybridized carbons (Fsp3) is 0.381. The highest BCUT2D eigenvalue weighted by atomic mass is 32.2. The average Bonchev–Trinajstić information content (AvgIpc) is 2.58. The number of alkyl carbamates (subject to hydrolysis) is 1. The molecule has 5 heteroatoms. The molecular formula is C21H27NO3S. The van der Waals surface area contributed by atoms with E-state index in [4.69, 9.17) is 4.74 Å². The Hall–Kier alpha value is -2.14. The first-order valence-electron chi connectivity index (χ1n) is 8.69. The lowest BCUT2D eigenvalue weighted by atomic mass is 10.0. The number of ether oxygens (including phenoxy) is 1. The van der Waals surface area contributed by atoms with Gasteiger partial charge in [-0.3, -0.25) is 4.21 Å². The van der Waals surface area contributed by atoms with Crippen LogP contribution in [0.25, 0.3) is 0 Å². The van der Waals surface area contributed by atoms with Gasteiger partial charge in [0.1, 0.15) is 5.60 Å². The van der Waals surface area contributed by atoms with Crippen molar-refractivity contribution < 1.29 is 13.7 Å². The molecule has 0 heterocycles. The topological polar surface area (TPSA) is 55.4 Å². The minimum absolute atomic E-state index is 0.326. The van der Waals surface area contributed by atoms with Crippen molar-refractivity contribution in [2.45, 2.75) is 56.4 Å². The summed E-state index contributed by atoms with van der Waals surface area (Å²) in [6, 6.07) is 16.8. The van der Waals surface area contributed by atoms with E-state index in [1.807, 2.05) is 89.2 Å². The molecule has 2 aromatic rings. The van der Waals surface area contributed by atoms with Crippen LogP contribution >= 0.6 is 0 Å². The van der Waals surface area contributed by atoms with E-state index in [1.165, 1.54) is 0 Å². The Morgan fingerprint density at radius 3 is 2.15 bits per heavy atom. The van der Waals surface area contributed by atoms with Crippen molar-refractivity contribution in [2.75, 3.05) is 0 Å². The highest BCUT2D eigenvalue weighted by molar-refractivity contribution is 7.85. The van der Waals surface area contributed by atoms with Crippen LogP contribution in [0.4, 0.5) is 4.79 Å². The van der Waals surface area contributed by atoms with E-state index < -0.39 is 28.5 Å². The predicted molar refractivity (Wildman–Crippen MR) is 106 cm³/mol. The Morgan fingerprint density at radius 1 is 1.04 bits per heavy atom. The maximum absolute atomic E-state index is 13.1. The summed E-state index contributed by atoms with van der Waals surface area (Å²) in [6.45, 7) is 9.33. The summed E-state index contributed by atoms with van der Waals surface area (Å²) in [4.78, 5) is 13.1. The number of rotatable bonds is 5. The highest BCUT2D eigenvalue weighted by Gasteiger charge is 2.28. The van der Waals surface area contributed by atoms with E-state index in [1.54, 1.807) is 0 Å². The van der Waals surface area contributed by atoms with Crippen molar-refractivity contribution in [3.8, 4) is 0 Å². The van der Waals surface area contributed by atoms with Crippen LogP contribution in [0.5, 0.6) is 0 Å². The summed E-state index contributed by atoms with van der Waals surface area (Å²) in [5.41, 5.74) is 1.42. The molecule has 4 nitrogen and oxygen atoms in total. The van der Waals surface area contributed by atoms with Gasteiger partial charge in [0.15, 0.2) is 0 Å². The molecule has 0 aliphatic carbocycles. The Labute approximate surface area is 158 Å². The standard InChI is InChI=1S/C21H27NO3S/c1-15-11-13-18(14-12-15)26(24)16(2)19(17-9-7-6-8-10-17)22-20(23)25-21(3,4)5/h6-14,16,19H,1-5H3,(H,22,23)/t16-,19-,26+/m0/s1. The maximum atomic E-state index is 13.1. The second-order valence-electron chi connectivity index (χ2n) is 7.35. The Morgan fingerprint density at radius 2 is 1.62 bits per heavy atom. The molecule has 2 rings (SSSR count). The number of nitrogens with one attached hydrogen (secondary N) is 1. The SMILES string of the molecule is Cc1ccc([S@](=O)[C@@H](C)[C@H](NC(=O)OC(C)(C)C)c2ccccc2)cc1. The zero-order chi connectivity index (χ0) is 19.3. The molecule has 3 atom stereocenters. The molecule has 0 saturated heterocycles. The fourth-order valence-corrected chi connectivity index (χ4v) is 3.88. The number of hydrogen-bond acceptors (Lipinski definition) is 3. The Bertz CT molecular complexity index is 751. The molecule has 0 aliphatic rings. The van der Waals surface area contributed by atoms with E-state index in [0.717, 1.165) is 16.0 Å². The summed E-state index contributed by atoms with van der Waals surface area (Å²) in [5.74, 6) is 0. The molecule has 2 aromatic carbocycles. The molecule has 0 radical (unpaired) electrons. The van der Waals surface area contributed by atoms with Gasteiger partial charge in [0.05, 0.1) is 22.1 Å². The van der Waals surface area contributed by atoms with E-state index in [-0.39, 0.29) is 5.25 Å². The quantitative estimate of drug-likeness (QED) is 0.822. The molecule has 140 valence electrons. The van der Waals surface area contributed by atoms with Crippen molar-refractivity contribution in [2.24, 2.45) is 0 Å². The lowest BCUT2D eigenvalue weighted by Crippen LogP contribution is -2.40. The molecular weight excluding hydrogens is 346 g/mol. The van der Waals surface area contributed by atoms with E-state index >= 15 is 0 Å². The summed E-state index contributed by atoms with van der Waals surface area (Å²) in [7, 11) is -1.28. The zero-order valence-electron chi connectivity index (χ0n) is 16.0. The van der Waals surface area contributed by atoms with Crippen molar-refractivity contribution in [3.63, 3.8) is 0 Å². The van der Waals surface area contributed by atoms with Crippen LogP contribution in [0.15, 0.2) is 59.5 Å². The van der Waals surface area contributed by atoms with E-state index in [2.05, 4.69) is 5.32 Å². The number of hydrogen-bond donors (Lipinski definition) is 1. The van der Waals surface area contributed by atoms with Gasteiger partial charge in [-0.2, -0.15) is 0 Å². The predicted octanol–water partition coefficient (Wildman–Crippen LogP) is 4.76. The Kier molecular flexibility index (Phi) is 6.59. The minimum Gasteiger partial charge on any atom is -0.444 e. The van der Waals surface area contributed by atoms with E-state index in [9.17, 15) is 9.00 Å². The number of carbonyl (C=O) groups excluding carboxylic acids is 1. The van der Waals surface area contributed by atoms with Gasteiger partial charge >= 0.3 is 6.09 Å². The van der Waals surface area contributed by atoms with Crippen LogP contribution in [0.2, 0.25) is 0 Å². The fourth-order valence-electron chi connectivity index (χ4n) is 2.58. The second kappa shape index (κ2) is 8.49. The first-order chi connectivity index (χ1) is 12.2. The summed E-state index contributed by atoms with van der Waals surface area (Å²) >= 11 is 0. The van der Waals surface area contributed by atoms with Crippen LogP contribution < -0.4 is 5.32 Å². The molecule has 0 aromatic heterocycles. The molecule has 0 unspecified atom stereocenters. The number of benzene rings is 2. The lowest BCUT2D eigenvalue weighted by Gasteiger charge is -2.27. The largest absolute Gasteiger partial charge is 0.444 e. The number of amides is 1. The summed E-state index contributed by atoms with van der Waals surface area (Å²) < 4.78 is 18.4. The third kappa shape index (κ3) is 5.70. The zero-order valence-corrected chi connectivity index (χ0v) is 16.8. The molecule has 0 fully saturated rings. The van der Waals surface area contributed by atoms with Crippen LogP contribution in [-0.4, -0.2) is 21.2 Å². The average molecular weight is 374 g/mol. The van der Waals surface area contributed by atoms with E-state index in [0.29, 0.717) is 0 Å². The van der Waals surface area contributed by atoms with Crippen LogP contribution in [0.1, 0.15) is 44.9 Å². The molecule has 26 heavy (non-hydrogen) atoms. The number of carbonyl (C=O) groups is 1. The van der Waals surface area contributed by atoms with Crippen LogP contribution in [0, 0.1) is 6.92 Å². The van der Waals surface area contributed by atoms with Gasteiger partial charge in [-0.1, -0.05) is 48.0 Å². The monoisotopic (exact) mass is 373 g/mol. The third-order valence-corrected chi connectivity index (χ3v) is 5.58. The second-order valence-corrected chi connectivity index (χ2v) is 9.16. The van der Waals surface area contributed by atoms with Gasteiger partial charge in [0.25, 0.3) is 0 Å². The van der Waals surface area contributed by atoms with Gasteiger partial charge in [-0.15, -0.1) is 0 Å². The third-order valence-electron chi connectivity index (χ3n) is 3.89. The van der Waals surface area contributed by atoms with Crippen LogP contribution in [-0.2, 0) is 15.5 Å². The van der Waals surface area contributed by atoms with Gasteiger partial charge < -0.3 is 10.1 Å². The normalized spacial score (nSPS) is 15.0.